The lowest BCUT2D eigenvalue weighted by Gasteiger charge is -2.01. The standard InChI is InChI=1S/C18H18N2O3S2/c1-10-9-12(11(2)24-10)13(21)7-8-16(22)19-18-20-17-14(23-3)5-4-6-15(17)25-18/h4-6,9H,7-8H2,1-3H3,(H,19,20,22). The van der Waals surface area contributed by atoms with Crippen LogP contribution in [0.3, 0.4) is 0 Å². The fourth-order valence-electron chi connectivity index (χ4n) is 2.59. The normalized spacial score (nSPS) is 10.8. The zero-order chi connectivity index (χ0) is 18.0. The van der Waals surface area contributed by atoms with Crippen molar-refractivity contribution in [3.63, 3.8) is 0 Å². The molecule has 0 spiro atoms. The van der Waals surface area contributed by atoms with Gasteiger partial charge in [-0.3, -0.25) is 9.59 Å². The summed E-state index contributed by atoms with van der Waals surface area (Å²) in [5.41, 5.74) is 1.45. The van der Waals surface area contributed by atoms with Gasteiger partial charge in [-0.2, -0.15) is 0 Å². The number of carbonyl (C=O) groups excluding carboxylic acids is 2. The number of benzene rings is 1. The van der Waals surface area contributed by atoms with Gasteiger partial charge in [-0.1, -0.05) is 17.4 Å². The molecule has 1 N–H and O–H groups in total. The van der Waals surface area contributed by atoms with Crippen LogP contribution in [0.2, 0.25) is 0 Å². The third-order valence-electron chi connectivity index (χ3n) is 3.77. The predicted molar refractivity (Wildman–Crippen MR) is 102 cm³/mol. The van der Waals surface area contributed by atoms with E-state index in [-0.39, 0.29) is 24.5 Å². The molecule has 5 nitrogen and oxygen atoms in total. The number of hydrogen-bond donors (Lipinski definition) is 1. The van der Waals surface area contributed by atoms with E-state index in [1.807, 2.05) is 38.1 Å². The molecule has 1 aromatic carbocycles. The van der Waals surface area contributed by atoms with E-state index in [1.165, 1.54) is 11.3 Å². The topological polar surface area (TPSA) is 68.3 Å². The number of ether oxygens (including phenoxy) is 1. The summed E-state index contributed by atoms with van der Waals surface area (Å²) in [5, 5.41) is 3.29. The number of anilines is 1. The molecule has 0 saturated carbocycles. The first kappa shape index (κ1) is 17.6. The third kappa shape index (κ3) is 3.88. The predicted octanol–water partition coefficient (Wildman–Crippen LogP) is 4.58. The van der Waals surface area contributed by atoms with Gasteiger partial charge in [-0.25, -0.2) is 4.98 Å². The molecule has 2 heterocycles. The van der Waals surface area contributed by atoms with Crippen LogP contribution in [0.5, 0.6) is 5.75 Å². The molecule has 3 aromatic rings. The molecule has 3 rings (SSSR count). The van der Waals surface area contributed by atoms with E-state index < -0.39 is 0 Å². The van der Waals surface area contributed by atoms with Crippen LogP contribution >= 0.6 is 22.7 Å². The molecule has 0 aliphatic rings. The zero-order valence-corrected chi connectivity index (χ0v) is 15.8. The summed E-state index contributed by atoms with van der Waals surface area (Å²) >= 11 is 2.98. The van der Waals surface area contributed by atoms with Gasteiger partial charge in [0.15, 0.2) is 10.9 Å². The number of aromatic nitrogens is 1. The van der Waals surface area contributed by atoms with Crippen LogP contribution in [-0.2, 0) is 4.79 Å². The van der Waals surface area contributed by atoms with E-state index >= 15 is 0 Å². The second kappa shape index (κ2) is 7.33. The van der Waals surface area contributed by atoms with E-state index in [0.717, 1.165) is 25.5 Å². The van der Waals surface area contributed by atoms with E-state index in [2.05, 4.69) is 10.3 Å². The molecule has 0 aliphatic carbocycles. The molecular weight excluding hydrogens is 356 g/mol. The first-order valence-corrected chi connectivity index (χ1v) is 9.45. The van der Waals surface area contributed by atoms with Crippen molar-refractivity contribution in [3.05, 3.63) is 39.6 Å². The maximum atomic E-state index is 12.3. The number of rotatable bonds is 6. The number of Topliss-reactive ketones (excluding diaryl/α,β-unsaturated/α-hetero) is 1. The van der Waals surface area contributed by atoms with Gasteiger partial charge in [-0.15, -0.1) is 11.3 Å². The molecule has 2 aromatic heterocycles. The Morgan fingerprint density at radius 2 is 2.00 bits per heavy atom. The van der Waals surface area contributed by atoms with Crippen molar-refractivity contribution >= 4 is 49.7 Å². The highest BCUT2D eigenvalue weighted by Crippen LogP contribution is 2.32. The minimum absolute atomic E-state index is 0.00275. The Kier molecular flexibility index (Phi) is 5.15. The molecule has 0 atom stereocenters. The third-order valence-corrected chi connectivity index (χ3v) is 5.67. The number of thiazole rings is 1. The second-order valence-electron chi connectivity index (χ2n) is 5.62. The number of fused-ring (bicyclic) bond motifs is 1. The first-order chi connectivity index (χ1) is 12.0. The van der Waals surface area contributed by atoms with E-state index in [1.54, 1.807) is 18.4 Å². The summed E-state index contributed by atoms with van der Waals surface area (Å²) in [7, 11) is 1.59. The van der Waals surface area contributed by atoms with Crippen LogP contribution in [0, 0.1) is 13.8 Å². The number of thiophene rings is 1. The number of para-hydroxylation sites is 1. The van der Waals surface area contributed by atoms with Crippen LogP contribution in [0.25, 0.3) is 10.2 Å². The highest BCUT2D eigenvalue weighted by Gasteiger charge is 2.15. The lowest BCUT2D eigenvalue weighted by atomic mass is 10.1. The van der Waals surface area contributed by atoms with Crippen molar-refractivity contribution in [1.29, 1.82) is 0 Å². The van der Waals surface area contributed by atoms with Crippen LogP contribution in [0.4, 0.5) is 5.13 Å². The fraction of sp³-hybridized carbons (Fsp3) is 0.278. The second-order valence-corrected chi connectivity index (χ2v) is 8.12. The van der Waals surface area contributed by atoms with E-state index in [4.69, 9.17) is 4.74 Å². The SMILES string of the molecule is COc1cccc2sc(NC(=O)CCC(=O)c3cc(C)sc3C)nc12. The van der Waals surface area contributed by atoms with Gasteiger partial charge in [-0.05, 0) is 32.0 Å². The number of carbonyl (C=O) groups is 2. The molecule has 0 aliphatic heterocycles. The Bertz CT molecular complexity index is 943. The van der Waals surface area contributed by atoms with Gasteiger partial charge >= 0.3 is 0 Å². The minimum atomic E-state index is -0.212. The molecule has 130 valence electrons. The number of hydrogen-bond acceptors (Lipinski definition) is 6. The van der Waals surface area contributed by atoms with Gasteiger partial charge < -0.3 is 10.1 Å². The summed E-state index contributed by atoms with van der Waals surface area (Å²) in [6.45, 7) is 3.90. The molecule has 7 heteroatoms. The Morgan fingerprint density at radius 1 is 1.20 bits per heavy atom. The monoisotopic (exact) mass is 374 g/mol. The maximum absolute atomic E-state index is 12.3. The molecule has 0 fully saturated rings. The average Bonchev–Trinajstić information content (AvgIpc) is 3.14. The lowest BCUT2D eigenvalue weighted by molar-refractivity contribution is -0.116. The van der Waals surface area contributed by atoms with Crippen LogP contribution < -0.4 is 10.1 Å². The van der Waals surface area contributed by atoms with Crippen molar-refractivity contribution in [2.75, 3.05) is 12.4 Å². The number of nitrogens with zero attached hydrogens (tertiary/aromatic N) is 1. The quantitative estimate of drug-likeness (QED) is 0.641. The average molecular weight is 374 g/mol. The Balaban J connectivity index is 1.63. The summed E-state index contributed by atoms with van der Waals surface area (Å²) < 4.78 is 6.21. The van der Waals surface area contributed by atoms with Gasteiger partial charge in [0.1, 0.15) is 11.3 Å². The molecule has 0 radical (unpaired) electrons. The number of aryl methyl sites for hydroxylation is 2. The molecule has 0 bridgehead atoms. The summed E-state index contributed by atoms with van der Waals surface area (Å²) in [6, 6.07) is 7.53. The van der Waals surface area contributed by atoms with Crippen LogP contribution in [0.15, 0.2) is 24.3 Å². The highest BCUT2D eigenvalue weighted by atomic mass is 32.1. The van der Waals surface area contributed by atoms with E-state index in [9.17, 15) is 9.59 Å². The van der Waals surface area contributed by atoms with Gasteiger partial charge in [0, 0.05) is 28.2 Å². The molecule has 25 heavy (non-hydrogen) atoms. The van der Waals surface area contributed by atoms with Gasteiger partial charge in [0.2, 0.25) is 5.91 Å². The first-order valence-electron chi connectivity index (χ1n) is 7.81. The minimum Gasteiger partial charge on any atom is -0.494 e. The number of nitrogens with one attached hydrogen (secondary N) is 1. The van der Waals surface area contributed by atoms with Gasteiger partial charge in [0.05, 0.1) is 11.8 Å². The summed E-state index contributed by atoms with van der Waals surface area (Å²) in [4.78, 5) is 30.9. The largest absolute Gasteiger partial charge is 0.494 e. The zero-order valence-electron chi connectivity index (χ0n) is 14.2. The molecule has 0 saturated heterocycles. The number of amides is 1. The van der Waals surface area contributed by atoms with Crippen molar-refractivity contribution < 1.29 is 14.3 Å². The summed E-state index contributed by atoms with van der Waals surface area (Å²) in [6.07, 6.45) is 0.331. The molecular formula is C18H18N2O3S2. The number of ketones is 1. The van der Waals surface area contributed by atoms with Gasteiger partial charge in [0.25, 0.3) is 0 Å². The van der Waals surface area contributed by atoms with Crippen LogP contribution in [0.1, 0.15) is 33.0 Å². The Morgan fingerprint density at radius 3 is 2.68 bits per heavy atom. The van der Waals surface area contributed by atoms with Crippen molar-refractivity contribution in [2.45, 2.75) is 26.7 Å². The summed E-state index contributed by atoms with van der Waals surface area (Å²) in [5.74, 6) is 0.465. The van der Waals surface area contributed by atoms with Crippen molar-refractivity contribution in [1.82, 2.24) is 4.98 Å². The fourth-order valence-corrected chi connectivity index (χ4v) is 4.43. The number of methoxy groups -OCH3 is 1. The molecule has 0 unspecified atom stereocenters. The highest BCUT2D eigenvalue weighted by molar-refractivity contribution is 7.22. The van der Waals surface area contributed by atoms with Crippen LogP contribution in [-0.4, -0.2) is 23.8 Å². The van der Waals surface area contributed by atoms with Crippen molar-refractivity contribution in [3.8, 4) is 5.75 Å². The van der Waals surface area contributed by atoms with E-state index in [0.29, 0.717) is 10.9 Å². The Labute approximate surface area is 153 Å². The smallest absolute Gasteiger partial charge is 0.226 e. The Hall–Kier alpha value is -2.25. The maximum Gasteiger partial charge on any atom is 0.226 e. The molecule has 1 amide bonds. The lowest BCUT2D eigenvalue weighted by Crippen LogP contribution is -2.13. The van der Waals surface area contributed by atoms with Crippen molar-refractivity contribution in [2.24, 2.45) is 0 Å².